The Balaban J connectivity index is 1.19. The number of aromatic hydroxyl groups is 1. The molecule has 2 heterocycles. The summed E-state index contributed by atoms with van der Waals surface area (Å²) in [5, 5.41) is 33.1. The third-order valence-electron chi connectivity index (χ3n) is 7.97. The summed E-state index contributed by atoms with van der Waals surface area (Å²) in [6.45, 7) is 0.803. The van der Waals surface area contributed by atoms with Gasteiger partial charge in [-0.2, -0.15) is 0 Å². The van der Waals surface area contributed by atoms with Gasteiger partial charge in [0.15, 0.2) is 6.29 Å². The third kappa shape index (κ3) is 7.56. The predicted molar refractivity (Wildman–Crippen MR) is 173 cm³/mol. The summed E-state index contributed by atoms with van der Waals surface area (Å²) in [7, 11) is 1.91. The van der Waals surface area contributed by atoms with Crippen molar-refractivity contribution in [2.24, 2.45) is 0 Å². The number of ether oxygens (including phenoxy) is 2. The van der Waals surface area contributed by atoms with Crippen LogP contribution in [0.25, 0.3) is 11.0 Å². The summed E-state index contributed by atoms with van der Waals surface area (Å²) < 4.78 is 13.0. The van der Waals surface area contributed by atoms with Crippen LogP contribution >= 0.6 is 0 Å². The van der Waals surface area contributed by atoms with Crippen LogP contribution in [-0.2, 0) is 16.1 Å². The summed E-state index contributed by atoms with van der Waals surface area (Å²) in [5.41, 5.74) is 5.23. The Morgan fingerprint density at radius 2 is 1.74 bits per heavy atom. The highest BCUT2D eigenvalue weighted by Gasteiger charge is 2.33. The Labute approximate surface area is 266 Å². The molecule has 10 nitrogen and oxygen atoms in total. The van der Waals surface area contributed by atoms with E-state index in [0.29, 0.717) is 41.8 Å². The Bertz CT molecular complexity index is 1800. The Hall–Kier alpha value is -4.71. The fourth-order valence-electron chi connectivity index (χ4n) is 5.61. The molecule has 0 unspecified atom stereocenters. The molecule has 6 rings (SSSR count). The third-order valence-corrected chi connectivity index (χ3v) is 7.97. The SMILES string of the molecule is CN(C[C@H]1C[C@@H](c2ccc(CO)cc2)O[C@@H](c2cccc(NC(=O)c3cnc4ccccc4n3)c2)O1)C[C@@H](O)c1cccc(O)c1. The fourth-order valence-corrected chi connectivity index (χ4v) is 5.61. The maximum Gasteiger partial charge on any atom is 0.275 e. The Kier molecular flexibility index (Phi) is 9.62. The minimum Gasteiger partial charge on any atom is -0.508 e. The summed E-state index contributed by atoms with van der Waals surface area (Å²) in [6.07, 6.45) is -0.0514. The second-order valence-corrected chi connectivity index (χ2v) is 11.5. The number of likely N-dealkylation sites (N-methyl/N-ethyl adjacent to an activating group) is 1. The molecule has 1 amide bonds. The molecule has 0 spiro atoms. The lowest BCUT2D eigenvalue weighted by molar-refractivity contribution is -0.252. The van der Waals surface area contributed by atoms with Gasteiger partial charge in [0.2, 0.25) is 0 Å². The van der Waals surface area contributed by atoms with E-state index in [4.69, 9.17) is 9.47 Å². The summed E-state index contributed by atoms with van der Waals surface area (Å²) >= 11 is 0. The van der Waals surface area contributed by atoms with Crippen LogP contribution in [0.4, 0.5) is 5.69 Å². The normalized spacial score (nSPS) is 18.8. The largest absolute Gasteiger partial charge is 0.508 e. The van der Waals surface area contributed by atoms with Crippen LogP contribution in [0.3, 0.4) is 0 Å². The van der Waals surface area contributed by atoms with Crippen molar-refractivity contribution < 1.29 is 29.6 Å². The molecule has 4 atom stereocenters. The molecule has 0 aliphatic carbocycles. The number of phenols is 1. The van der Waals surface area contributed by atoms with E-state index < -0.39 is 12.4 Å². The van der Waals surface area contributed by atoms with Crippen LogP contribution in [0.5, 0.6) is 5.75 Å². The first-order valence-corrected chi connectivity index (χ1v) is 15.1. The summed E-state index contributed by atoms with van der Waals surface area (Å²) in [5.74, 6) is -0.277. The number of benzene rings is 4. The number of phenolic OH excluding ortho intramolecular Hbond substituents is 1. The van der Waals surface area contributed by atoms with Crippen molar-refractivity contribution in [2.45, 2.75) is 37.6 Å². The molecule has 0 saturated carbocycles. The van der Waals surface area contributed by atoms with Crippen molar-refractivity contribution in [2.75, 3.05) is 25.5 Å². The quantitative estimate of drug-likeness (QED) is 0.164. The molecule has 236 valence electrons. The smallest absolute Gasteiger partial charge is 0.275 e. The molecule has 5 aromatic rings. The Morgan fingerprint density at radius 1 is 0.957 bits per heavy atom. The molecule has 0 radical (unpaired) electrons. The lowest BCUT2D eigenvalue weighted by Crippen LogP contribution is -2.39. The molecule has 1 aromatic heterocycles. The number of rotatable bonds is 10. The van der Waals surface area contributed by atoms with Gasteiger partial charge in [0.05, 0.1) is 42.1 Å². The number of anilines is 1. The van der Waals surface area contributed by atoms with E-state index in [1.807, 2.05) is 78.7 Å². The number of para-hydroxylation sites is 2. The van der Waals surface area contributed by atoms with Gasteiger partial charge in [0.25, 0.3) is 5.91 Å². The van der Waals surface area contributed by atoms with E-state index >= 15 is 0 Å². The maximum atomic E-state index is 13.1. The van der Waals surface area contributed by atoms with Crippen molar-refractivity contribution >= 4 is 22.6 Å². The first-order chi connectivity index (χ1) is 22.3. The zero-order valence-corrected chi connectivity index (χ0v) is 25.4. The average Bonchev–Trinajstić information content (AvgIpc) is 3.08. The fraction of sp³-hybridized carbons (Fsp3) is 0.250. The van der Waals surface area contributed by atoms with Crippen LogP contribution < -0.4 is 5.32 Å². The molecule has 4 N–H and O–H groups in total. The highest BCUT2D eigenvalue weighted by molar-refractivity contribution is 6.03. The Morgan fingerprint density at radius 3 is 2.52 bits per heavy atom. The number of carbonyl (C=O) groups excluding carboxylic acids is 1. The van der Waals surface area contributed by atoms with Crippen molar-refractivity contribution in [3.8, 4) is 5.75 Å². The standard InChI is InChI=1S/C36H36N4O6/c1-40(21-33(43)25-6-5-9-28(42)17-25)20-29-18-34(24-14-12-23(22-41)13-15-24)46-36(45-29)26-7-4-8-27(16-26)38-35(44)32-19-37-30-10-2-3-11-31(30)39-32/h2-17,19,29,33-34,36,41-43H,18,20-22H2,1H3,(H,38,44)/t29-,33-,34+,36+/m1/s1. The van der Waals surface area contributed by atoms with Gasteiger partial charge in [-0.1, -0.05) is 60.7 Å². The monoisotopic (exact) mass is 620 g/mol. The van der Waals surface area contributed by atoms with Crippen molar-refractivity contribution in [1.82, 2.24) is 14.9 Å². The topological polar surface area (TPSA) is 137 Å². The number of nitrogens with one attached hydrogen (secondary N) is 1. The first kappa shape index (κ1) is 31.3. The molecule has 1 aliphatic rings. The molecular weight excluding hydrogens is 584 g/mol. The van der Waals surface area contributed by atoms with E-state index in [1.54, 1.807) is 30.3 Å². The van der Waals surface area contributed by atoms with Gasteiger partial charge < -0.3 is 35.0 Å². The van der Waals surface area contributed by atoms with Crippen molar-refractivity contribution in [3.05, 3.63) is 131 Å². The number of hydrogen-bond donors (Lipinski definition) is 4. The lowest BCUT2D eigenvalue weighted by Gasteiger charge is -2.38. The highest BCUT2D eigenvalue weighted by atomic mass is 16.7. The van der Waals surface area contributed by atoms with Crippen molar-refractivity contribution in [3.63, 3.8) is 0 Å². The molecular formula is C36H36N4O6. The molecule has 10 heteroatoms. The number of fused-ring (bicyclic) bond motifs is 1. The van der Waals surface area contributed by atoms with E-state index in [-0.39, 0.29) is 36.2 Å². The van der Waals surface area contributed by atoms with Gasteiger partial charge in [-0.05, 0) is 60.1 Å². The van der Waals surface area contributed by atoms with Gasteiger partial charge in [-0.3, -0.25) is 9.78 Å². The zero-order valence-electron chi connectivity index (χ0n) is 25.4. The van der Waals surface area contributed by atoms with Crippen LogP contribution in [-0.4, -0.2) is 62.3 Å². The lowest BCUT2D eigenvalue weighted by atomic mass is 9.99. The number of amides is 1. The number of aliphatic hydroxyl groups is 2. The minimum absolute atomic E-state index is 0.0459. The molecule has 46 heavy (non-hydrogen) atoms. The van der Waals surface area contributed by atoms with Crippen LogP contribution in [0, 0.1) is 0 Å². The van der Waals surface area contributed by atoms with E-state index in [1.165, 1.54) is 6.20 Å². The van der Waals surface area contributed by atoms with Gasteiger partial charge in [-0.15, -0.1) is 0 Å². The summed E-state index contributed by atoms with van der Waals surface area (Å²) in [4.78, 5) is 23.9. The van der Waals surface area contributed by atoms with Gasteiger partial charge in [0, 0.05) is 30.8 Å². The number of hydrogen-bond acceptors (Lipinski definition) is 9. The number of aliphatic hydroxyl groups excluding tert-OH is 2. The van der Waals surface area contributed by atoms with E-state index in [0.717, 1.165) is 16.7 Å². The molecule has 4 aromatic carbocycles. The molecule has 1 fully saturated rings. The second kappa shape index (κ2) is 14.2. The number of carbonyl (C=O) groups is 1. The van der Waals surface area contributed by atoms with Crippen LogP contribution in [0.15, 0.2) is 103 Å². The van der Waals surface area contributed by atoms with Gasteiger partial charge >= 0.3 is 0 Å². The van der Waals surface area contributed by atoms with Crippen LogP contribution in [0.2, 0.25) is 0 Å². The zero-order chi connectivity index (χ0) is 32.0. The highest BCUT2D eigenvalue weighted by Crippen LogP contribution is 2.39. The predicted octanol–water partition coefficient (Wildman–Crippen LogP) is 5.29. The molecule has 1 saturated heterocycles. The van der Waals surface area contributed by atoms with E-state index in [2.05, 4.69) is 15.3 Å². The molecule has 1 aliphatic heterocycles. The van der Waals surface area contributed by atoms with Crippen molar-refractivity contribution in [1.29, 1.82) is 0 Å². The number of nitrogens with zero attached hydrogens (tertiary/aromatic N) is 3. The van der Waals surface area contributed by atoms with Gasteiger partial charge in [0.1, 0.15) is 11.4 Å². The summed E-state index contributed by atoms with van der Waals surface area (Å²) in [6, 6.07) is 29.0. The second-order valence-electron chi connectivity index (χ2n) is 11.5. The van der Waals surface area contributed by atoms with Gasteiger partial charge in [-0.25, -0.2) is 4.98 Å². The average molecular weight is 621 g/mol. The number of aromatic nitrogens is 2. The van der Waals surface area contributed by atoms with E-state index in [9.17, 15) is 20.1 Å². The first-order valence-electron chi connectivity index (χ1n) is 15.1. The minimum atomic E-state index is -0.790. The molecule has 0 bridgehead atoms. The maximum absolute atomic E-state index is 13.1. The van der Waals surface area contributed by atoms with Crippen LogP contribution in [0.1, 0.15) is 57.7 Å².